The summed E-state index contributed by atoms with van der Waals surface area (Å²) in [5.74, 6) is 0.104. The lowest BCUT2D eigenvalue weighted by Gasteiger charge is -2.19. The van der Waals surface area contributed by atoms with Gasteiger partial charge in [-0.1, -0.05) is 0 Å². The fourth-order valence-electron chi connectivity index (χ4n) is 1.56. The SMILES string of the molecule is CC(C)(C)n1nnnc1-c1cc(N)cc(F)c1. The fraction of sp³-hybridized carbons (Fsp3) is 0.364. The minimum absolute atomic E-state index is 0.278. The molecule has 2 N–H and O–H groups in total. The van der Waals surface area contributed by atoms with Gasteiger partial charge in [-0.25, -0.2) is 9.07 Å². The lowest BCUT2D eigenvalue weighted by atomic mass is 10.1. The molecule has 17 heavy (non-hydrogen) atoms. The van der Waals surface area contributed by atoms with Gasteiger partial charge in [0.05, 0.1) is 5.54 Å². The Morgan fingerprint density at radius 2 is 1.94 bits per heavy atom. The molecule has 2 aromatic rings. The van der Waals surface area contributed by atoms with Crippen molar-refractivity contribution in [1.82, 2.24) is 20.2 Å². The smallest absolute Gasteiger partial charge is 0.182 e. The summed E-state index contributed by atoms with van der Waals surface area (Å²) in [5, 5.41) is 11.5. The van der Waals surface area contributed by atoms with Gasteiger partial charge in [0.1, 0.15) is 5.82 Å². The van der Waals surface area contributed by atoms with Crippen LogP contribution in [0.5, 0.6) is 0 Å². The van der Waals surface area contributed by atoms with E-state index < -0.39 is 5.82 Å². The number of benzene rings is 1. The number of rotatable bonds is 1. The molecule has 0 saturated heterocycles. The van der Waals surface area contributed by atoms with Crippen molar-refractivity contribution in [2.75, 3.05) is 5.73 Å². The van der Waals surface area contributed by atoms with Gasteiger partial charge in [-0.3, -0.25) is 0 Å². The largest absolute Gasteiger partial charge is 0.399 e. The van der Waals surface area contributed by atoms with Crippen LogP contribution in [0, 0.1) is 5.82 Å². The molecule has 0 aliphatic rings. The van der Waals surface area contributed by atoms with E-state index in [1.165, 1.54) is 12.1 Å². The molecule has 0 amide bonds. The average molecular weight is 235 g/mol. The summed E-state index contributed by atoms with van der Waals surface area (Å²) in [6.45, 7) is 5.90. The van der Waals surface area contributed by atoms with E-state index in [0.29, 0.717) is 17.1 Å². The Bertz CT molecular complexity index is 521. The summed E-state index contributed by atoms with van der Waals surface area (Å²) in [7, 11) is 0. The van der Waals surface area contributed by atoms with E-state index in [0.717, 1.165) is 0 Å². The second-order valence-electron chi connectivity index (χ2n) is 4.86. The lowest BCUT2D eigenvalue weighted by molar-refractivity contribution is 0.351. The molecule has 0 aliphatic carbocycles. The van der Waals surface area contributed by atoms with Crippen molar-refractivity contribution in [3.63, 3.8) is 0 Å². The molecule has 0 spiro atoms. The molecule has 6 heteroatoms. The zero-order chi connectivity index (χ0) is 12.6. The molecule has 90 valence electrons. The van der Waals surface area contributed by atoms with E-state index in [1.807, 2.05) is 20.8 Å². The van der Waals surface area contributed by atoms with Gasteiger partial charge in [0.2, 0.25) is 0 Å². The third-order valence-electron chi connectivity index (χ3n) is 2.28. The van der Waals surface area contributed by atoms with E-state index in [9.17, 15) is 4.39 Å². The first-order valence-electron chi connectivity index (χ1n) is 5.23. The second-order valence-corrected chi connectivity index (χ2v) is 4.86. The molecule has 0 atom stereocenters. The maximum atomic E-state index is 13.3. The van der Waals surface area contributed by atoms with Crippen molar-refractivity contribution in [2.45, 2.75) is 26.3 Å². The average Bonchev–Trinajstić information content (AvgIpc) is 2.63. The number of hydrogen-bond acceptors (Lipinski definition) is 4. The van der Waals surface area contributed by atoms with Gasteiger partial charge in [-0.15, -0.1) is 5.10 Å². The molecule has 1 heterocycles. The summed E-state index contributed by atoms with van der Waals surface area (Å²) in [5.41, 5.74) is 6.25. The van der Waals surface area contributed by atoms with Crippen molar-refractivity contribution < 1.29 is 4.39 Å². The minimum Gasteiger partial charge on any atom is -0.399 e. The summed E-state index contributed by atoms with van der Waals surface area (Å²) in [6.07, 6.45) is 0. The Kier molecular flexibility index (Phi) is 2.57. The normalized spacial score (nSPS) is 11.8. The van der Waals surface area contributed by atoms with Crippen LogP contribution >= 0.6 is 0 Å². The molecule has 0 bridgehead atoms. The summed E-state index contributed by atoms with van der Waals surface area (Å²) >= 11 is 0. The van der Waals surface area contributed by atoms with Crippen LogP contribution in [0.1, 0.15) is 20.8 Å². The molecule has 0 fully saturated rings. The quantitative estimate of drug-likeness (QED) is 0.765. The highest BCUT2D eigenvalue weighted by Crippen LogP contribution is 2.24. The molecular weight excluding hydrogens is 221 g/mol. The van der Waals surface area contributed by atoms with Crippen LogP contribution in [0.3, 0.4) is 0 Å². The van der Waals surface area contributed by atoms with Crippen molar-refractivity contribution in [1.29, 1.82) is 0 Å². The van der Waals surface area contributed by atoms with Crippen LogP contribution in [0.25, 0.3) is 11.4 Å². The maximum absolute atomic E-state index is 13.3. The lowest BCUT2D eigenvalue weighted by Crippen LogP contribution is -2.24. The molecule has 0 aliphatic heterocycles. The van der Waals surface area contributed by atoms with Crippen LogP contribution in [-0.2, 0) is 5.54 Å². The number of nitrogens with zero attached hydrogens (tertiary/aromatic N) is 4. The van der Waals surface area contributed by atoms with E-state index in [1.54, 1.807) is 10.7 Å². The van der Waals surface area contributed by atoms with Crippen LogP contribution in [-0.4, -0.2) is 20.2 Å². The number of halogens is 1. The number of anilines is 1. The number of tetrazole rings is 1. The van der Waals surface area contributed by atoms with Crippen LogP contribution in [0.4, 0.5) is 10.1 Å². The summed E-state index contributed by atoms with van der Waals surface area (Å²) in [6, 6.07) is 4.27. The monoisotopic (exact) mass is 235 g/mol. The molecule has 1 aromatic heterocycles. The third-order valence-corrected chi connectivity index (χ3v) is 2.28. The Balaban J connectivity index is 2.57. The van der Waals surface area contributed by atoms with Crippen LogP contribution in [0.2, 0.25) is 0 Å². The Hall–Kier alpha value is -1.98. The van der Waals surface area contributed by atoms with Crippen molar-refractivity contribution in [3.05, 3.63) is 24.0 Å². The van der Waals surface area contributed by atoms with Crippen molar-refractivity contribution in [3.8, 4) is 11.4 Å². The number of hydrogen-bond donors (Lipinski definition) is 1. The molecule has 5 nitrogen and oxygen atoms in total. The Morgan fingerprint density at radius 3 is 2.53 bits per heavy atom. The summed E-state index contributed by atoms with van der Waals surface area (Å²) < 4.78 is 14.9. The van der Waals surface area contributed by atoms with E-state index >= 15 is 0 Å². The Morgan fingerprint density at radius 1 is 1.24 bits per heavy atom. The van der Waals surface area contributed by atoms with Gasteiger partial charge in [-0.05, 0) is 49.4 Å². The van der Waals surface area contributed by atoms with E-state index in [4.69, 9.17) is 5.73 Å². The van der Waals surface area contributed by atoms with Crippen LogP contribution < -0.4 is 5.73 Å². The third kappa shape index (κ3) is 2.25. The highest BCUT2D eigenvalue weighted by molar-refractivity contribution is 5.61. The first-order valence-corrected chi connectivity index (χ1v) is 5.23. The molecule has 0 unspecified atom stereocenters. The molecular formula is C11H14FN5. The summed E-state index contributed by atoms with van der Waals surface area (Å²) in [4.78, 5) is 0. The van der Waals surface area contributed by atoms with Gasteiger partial charge >= 0.3 is 0 Å². The van der Waals surface area contributed by atoms with Gasteiger partial charge < -0.3 is 5.73 Å². The topological polar surface area (TPSA) is 69.6 Å². The molecule has 1 aromatic carbocycles. The standard InChI is InChI=1S/C11H14FN5/c1-11(2,3)17-10(14-15-16-17)7-4-8(12)6-9(13)5-7/h4-6H,13H2,1-3H3. The van der Waals surface area contributed by atoms with Gasteiger partial charge in [0, 0.05) is 11.3 Å². The predicted molar refractivity (Wildman–Crippen MR) is 62.6 cm³/mol. The number of nitrogens with two attached hydrogens (primary N) is 1. The van der Waals surface area contributed by atoms with E-state index in [2.05, 4.69) is 15.5 Å². The first kappa shape index (κ1) is 11.5. The number of aromatic nitrogens is 4. The second kappa shape index (κ2) is 3.80. The zero-order valence-corrected chi connectivity index (χ0v) is 9.98. The molecule has 0 saturated carbocycles. The van der Waals surface area contributed by atoms with Gasteiger partial charge in [0.15, 0.2) is 5.82 Å². The predicted octanol–water partition coefficient (Wildman–Crippen LogP) is 1.82. The van der Waals surface area contributed by atoms with Crippen LogP contribution in [0.15, 0.2) is 18.2 Å². The highest BCUT2D eigenvalue weighted by Gasteiger charge is 2.21. The van der Waals surface area contributed by atoms with Crippen molar-refractivity contribution >= 4 is 5.69 Å². The molecule has 2 rings (SSSR count). The minimum atomic E-state index is -0.400. The zero-order valence-electron chi connectivity index (χ0n) is 9.98. The van der Waals surface area contributed by atoms with E-state index in [-0.39, 0.29) is 5.54 Å². The fourth-order valence-corrected chi connectivity index (χ4v) is 1.56. The first-order chi connectivity index (χ1) is 7.88. The van der Waals surface area contributed by atoms with Gasteiger partial charge in [-0.2, -0.15) is 0 Å². The number of nitrogen functional groups attached to an aromatic ring is 1. The van der Waals surface area contributed by atoms with Crippen molar-refractivity contribution in [2.24, 2.45) is 0 Å². The highest BCUT2D eigenvalue weighted by atomic mass is 19.1. The Labute approximate surface area is 98.4 Å². The molecule has 0 radical (unpaired) electrons. The van der Waals surface area contributed by atoms with Gasteiger partial charge in [0.25, 0.3) is 0 Å². The maximum Gasteiger partial charge on any atom is 0.182 e.